The van der Waals surface area contributed by atoms with Gasteiger partial charge in [0, 0.05) is 17.5 Å². The van der Waals surface area contributed by atoms with Crippen LogP contribution in [-0.2, 0) is 19.6 Å². The van der Waals surface area contributed by atoms with E-state index in [1.807, 2.05) is 4.68 Å². The van der Waals surface area contributed by atoms with E-state index in [0.717, 1.165) is 49.1 Å². The zero-order chi connectivity index (χ0) is 19.7. The van der Waals surface area contributed by atoms with Gasteiger partial charge in [-0.25, -0.2) is 4.68 Å². The smallest absolute Gasteiger partial charge is 0.221 e. The summed E-state index contributed by atoms with van der Waals surface area (Å²) in [6, 6.07) is 12.5. The summed E-state index contributed by atoms with van der Waals surface area (Å²) in [6.07, 6.45) is 0.997. The Morgan fingerprint density at radius 3 is 2.46 bits per heavy atom. The molecule has 0 saturated heterocycles. The van der Waals surface area contributed by atoms with E-state index in [-0.39, 0.29) is 0 Å². The largest absolute Gasteiger partial charge is 0.493 e. The molecule has 0 amide bonds. The second-order valence-corrected chi connectivity index (χ2v) is 7.57. The van der Waals surface area contributed by atoms with Crippen molar-refractivity contribution in [1.29, 1.82) is 0 Å². The monoisotopic (exact) mass is 397 g/mol. The topological polar surface area (TPSA) is 56.5 Å². The van der Waals surface area contributed by atoms with Crippen LogP contribution in [0.25, 0.3) is 11.4 Å². The minimum Gasteiger partial charge on any atom is -0.493 e. The lowest BCUT2D eigenvalue weighted by Crippen LogP contribution is -3.11. The maximum atomic E-state index is 5.49. The molecule has 1 aromatic heterocycles. The lowest BCUT2D eigenvalue weighted by molar-refractivity contribution is -0.939. The minimum absolute atomic E-state index is 0.584. The molecule has 28 heavy (non-hydrogen) atoms. The summed E-state index contributed by atoms with van der Waals surface area (Å²) in [5.74, 6) is 2.39. The zero-order valence-corrected chi connectivity index (χ0v) is 17.2. The van der Waals surface area contributed by atoms with Crippen LogP contribution in [0.4, 0.5) is 0 Å². The number of nitrogens with one attached hydrogen (secondary N) is 2. The standard InChI is InChI=1S/C21H24N4O2S/c1-14-4-6-15(7-5-14)20-22-21(28)25(23-20)13-24-9-8-16-10-18(26-2)19(27-3)11-17(16)12-24/h4-7,10-11H,8-9,12-13H2,1-3H3,(H,22,23,28)/p+1. The Bertz CT molecular complexity index is 1040. The molecule has 1 atom stereocenters. The molecule has 0 spiro atoms. The van der Waals surface area contributed by atoms with E-state index in [9.17, 15) is 0 Å². The molecule has 1 aliphatic rings. The number of benzene rings is 2. The number of aromatic nitrogens is 3. The Labute approximate surface area is 169 Å². The summed E-state index contributed by atoms with van der Waals surface area (Å²) in [5.41, 5.74) is 4.90. The zero-order valence-electron chi connectivity index (χ0n) is 16.4. The number of H-pyrrole nitrogens is 1. The van der Waals surface area contributed by atoms with Crippen molar-refractivity contribution in [2.75, 3.05) is 20.8 Å². The summed E-state index contributed by atoms with van der Waals surface area (Å²) < 4.78 is 13.4. The van der Waals surface area contributed by atoms with Gasteiger partial charge in [-0.1, -0.05) is 29.8 Å². The number of aryl methyl sites for hydroxylation is 1. The van der Waals surface area contributed by atoms with Crippen LogP contribution in [0.5, 0.6) is 11.5 Å². The van der Waals surface area contributed by atoms with Gasteiger partial charge in [0.15, 0.2) is 24.0 Å². The number of ether oxygens (including phenoxy) is 2. The summed E-state index contributed by atoms with van der Waals surface area (Å²) in [6.45, 7) is 4.78. The van der Waals surface area contributed by atoms with Gasteiger partial charge in [-0.15, -0.1) is 0 Å². The van der Waals surface area contributed by atoms with Crippen LogP contribution in [0.1, 0.15) is 16.7 Å². The van der Waals surface area contributed by atoms with E-state index >= 15 is 0 Å². The van der Waals surface area contributed by atoms with Gasteiger partial charge >= 0.3 is 0 Å². The molecule has 1 aliphatic heterocycles. The molecular weight excluding hydrogens is 372 g/mol. The Balaban J connectivity index is 1.53. The van der Waals surface area contributed by atoms with Crippen molar-refractivity contribution in [2.45, 2.75) is 26.6 Å². The molecule has 1 unspecified atom stereocenters. The quantitative estimate of drug-likeness (QED) is 0.650. The fourth-order valence-electron chi connectivity index (χ4n) is 3.69. The third kappa shape index (κ3) is 3.68. The minimum atomic E-state index is 0.584. The second-order valence-electron chi connectivity index (χ2n) is 7.21. The van der Waals surface area contributed by atoms with Crippen LogP contribution in [0.2, 0.25) is 0 Å². The number of hydrogen-bond acceptors (Lipinski definition) is 4. The highest BCUT2D eigenvalue weighted by Gasteiger charge is 2.23. The van der Waals surface area contributed by atoms with Gasteiger partial charge in [-0.05, 0) is 36.8 Å². The predicted molar refractivity (Wildman–Crippen MR) is 110 cm³/mol. The van der Waals surface area contributed by atoms with Crippen molar-refractivity contribution >= 4 is 12.2 Å². The average Bonchev–Trinajstić information content (AvgIpc) is 3.07. The summed E-state index contributed by atoms with van der Waals surface area (Å²) in [5, 5.41) is 3.37. The molecular formula is C21H25N4O2S+. The molecule has 0 bridgehead atoms. The lowest BCUT2D eigenvalue weighted by Gasteiger charge is -2.26. The van der Waals surface area contributed by atoms with Crippen molar-refractivity contribution in [3.05, 3.63) is 57.9 Å². The first-order valence-electron chi connectivity index (χ1n) is 9.38. The van der Waals surface area contributed by atoms with Crippen molar-refractivity contribution in [2.24, 2.45) is 0 Å². The fraction of sp³-hybridized carbons (Fsp3) is 0.333. The highest BCUT2D eigenvalue weighted by Crippen LogP contribution is 2.31. The number of hydrogen-bond donors (Lipinski definition) is 2. The number of aromatic amines is 1. The molecule has 2 heterocycles. The highest BCUT2D eigenvalue weighted by molar-refractivity contribution is 7.71. The molecule has 146 valence electrons. The van der Waals surface area contributed by atoms with E-state index in [4.69, 9.17) is 21.7 Å². The maximum Gasteiger partial charge on any atom is 0.221 e. The van der Waals surface area contributed by atoms with Gasteiger partial charge in [-0.3, -0.25) is 5.10 Å². The van der Waals surface area contributed by atoms with Gasteiger partial charge in [0.1, 0.15) is 6.54 Å². The second kappa shape index (κ2) is 7.77. The molecule has 2 aromatic carbocycles. The van der Waals surface area contributed by atoms with Crippen LogP contribution in [0, 0.1) is 11.7 Å². The van der Waals surface area contributed by atoms with Gasteiger partial charge < -0.3 is 14.4 Å². The number of nitrogens with zero attached hydrogens (tertiary/aromatic N) is 2. The molecule has 0 radical (unpaired) electrons. The van der Waals surface area contributed by atoms with Crippen molar-refractivity contribution < 1.29 is 14.4 Å². The molecule has 7 heteroatoms. The van der Waals surface area contributed by atoms with Crippen LogP contribution in [-0.4, -0.2) is 35.5 Å². The van der Waals surface area contributed by atoms with Gasteiger partial charge in [0.25, 0.3) is 0 Å². The van der Waals surface area contributed by atoms with Gasteiger partial charge in [0.05, 0.1) is 20.8 Å². The predicted octanol–water partition coefficient (Wildman–Crippen LogP) is 2.53. The van der Waals surface area contributed by atoms with Crippen molar-refractivity contribution in [3.8, 4) is 22.9 Å². The first kappa shape index (κ1) is 18.7. The number of methoxy groups -OCH3 is 2. The number of rotatable bonds is 5. The highest BCUT2D eigenvalue weighted by atomic mass is 32.1. The summed E-state index contributed by atoms with van der Waals surface area (Å²) >= 11 is 5.49. The lowest BCUT2D eigenvalue weighted by atomic mass is 9.99. The Hall–Kier alpha value is -2.64. The molecule has 2 N–H and O–H groups in total. The Morgan fingerprint density at radius 2 is 1.79 bits per heavy atom. The fourth-order valence-corrected chi connectivity index (χ4v) is 3.89. The number of quaternary nitrogens is 1. The first-order chi connectivity index (χ1) is 13.6. The maximum absolute atomic E-state index is 5.49. The van der Waals surface area contributed by atoms with E-state index in [1.54, 1.807) is 14.2 Å². The molecule has 6 nitrogen and oxygen atoms in total. The normalized spacial score (nSPS) is 15.9. The van der Waals surface area contributed by atoms with Crippen molar-refractivity contribution in [1.82, 2.24) is 14.8 Å². The average molecular weight is 398 g/mol. The molecule has 0 fully saturated rings. The van der Waals surface area contributed by atoms with E-state index in [2.05, 4.69) is 53.4 Å². The third-order valence-corrected chi connectivity index (χ3v) is 5.59. The summed E-state index contributed by atoms with van der Waals surface area (Å²) in [4.78, 5) is 5.97. The molecule has 4 rings (SSSR count). The van der Waals surface area contributed by atoms with E-state index in [0.29, 0.717) is 4.77 Å². The number of fused-ring (bicyclic) bond motifs is 1. The Kier molecular flexibility index (Phi) is 5.19. The van der Waals surface area contributed by atoms with Gasteiger partial charge in [0.2, 0.25) is 4.77 Å². The van der Waals surface area contributed by atoms with Gasteiger partial charge in [-0.2, -0.15) is 4.98 Å². The first-order valence-corrected chi connectivity index (χ1v) is 9.79. The summed E-state index contributed by atoms with van der Waals surface area (Å²) in [7, 11) is 3.35. The molecule has 0 aliphatic carbocycles. The van der Waals surface area contributed by atoms with Crippen LogP contribution in [0.3, 0.4) is 0 Å². The van der Waals surface area contributed by atoms with E-state index in [1.165, 1.54) is 21.6 Å². The molecule has 3 aromatic rings. The SMILES string of the molecule is COc1cc2c(cc1OC)C[NH+](Cn1[nH]c(-c3ccc(C)cc3)nc1=S)CC2. The van der Waals surface area contributed by atoms with E-state index < -0.39 is 0 Å². The van der Waals surface area contributed by atoms with Crippen LogP contribution in [0.15, 0.2) is 36.4 Å². The van der Waals surface area contributed by atoms with Crippen molar-refractivity contribution in [3.63, 3.8) is 0 Å². The van der Waals surface area contributed by atoms with Crippen LogP contribution >= 0.6 is 12.2 Å². The third-order valence-electron chi connectivity index (χ3n) is 5.28. The Morgan fingerprint density at radius 1 is 1.11 bits per heavy atom. The molecule has 0 saturated carbocycles. The van der Waals surface area contributed by atoms with Crippen LogP contribution < -0.4 is 14.4 Å².